The number of hydrogen-bond acceptors (Lipinski definition) is 8. The number of benzene rings is 1. The minimum atomic E-state index is -0.834. The van der Waals surface area contributed by atoms with Gasteiger partial charge in [-0.3, -0.25) is 9.69 Å². The Balaban J connectivity index is 1.77. The lowest BCUT2D eigenvalue weighted by atomic mass is 9.87. The van der Waals surface area contributed by atoms with Crippen LogP contribution in [0.1, 0.15) is 44.7 Å². The summed E-state index contributed by atoms with van der Waals surface area (Å²) in [5, 5.41) is 13.8. The second-order valence-corrected chi connectivity index (χ2v) is 10.1. The molecule has 212 valence electrons. The van der Waals surface area contributed by atoms with Crippen LogP contribution in [0.4, 0.5) is 0 Å². The fourth-order valence-corrected chi connectivity index (χ4v) is 4.33. The number of aliphatic hydroxyl groups is 1. The standard InChI is InChI=1S/C28H49N3O6/c1-5-23-8-7-22(17-27(23)37-14-6-13-34-4)19-36-20-25(29)26(32)18-24(21(2)3)28(33)30-9-10-31-11-15-35-16-12-31/h7-8,17,21,24-26,32H,5-6,9-16,18-20,29H2,1-4H3,(H,30,33)/t24-,25-,26-/m0/s1. The van der Waals surface area contributed by atoms with Gasteiger partial charge in [-0.05, 0) is 36.0 Å². The predicted molar refractivity (Wildman–Crippen MR) is 145 cm³/mol. The zero-order chi connectivity index (χ0) is 27.0. The molecule has 3 atom stereocenters. The van der Waals surface area contributed by atoms with Crippen molar-refractivity contribution in [3.8, 4) is 5.75 Å². The fraction of sp³-hybridized carbons (Fsp3) is 0.750. The van der Waals surface area contributed by atoms with Crippen LogP contribution in [0, 0.1) is 11.8 Å². The van der Waals surface area contributed by atoms with Gasteiger partial charge in [0, 0.05) is 52.2 Å². The molecular formula is C28H49N3O6. The van der Waals surface area contributed by atoms with Crippen molar-refractivity contribution < 1.29 is 28.8 Å². The van der Waals surface area contributed by atoms with E-state index >= 15 is 0 Å². The first kappa shape index (κ1) is 31.5. The first-order valence-corrected chi connectivity index (χ1v) is 13.7. The maximum atomic E-state index is 12.8. The average molecular weight is 524 g/mol. The van der Waals surface area contributed by atoms with Gasteiger partial charge in [0.1, 0.15) is 5.75 Å². The number of nitrogens with two attached hydrogens (primary N) is 1. The number of carbonyl (C=O) groups excluding carboxylic acids is 1. The molecule has 1 heterocycles. The largest absolute Gasteiger partial charge is 0.493 e. The lowest BCUT2D eigenvalue weighted by Gasteiger charge is -2.28. The Hall–Kier alpha value is -1.75. The lowest BCUT2D eigenvalue weighted by Crippen LogP contribution is -2.45. The maximum absolute atomic E-state index is 12.8. The number of rotatable bonds is 18. The molecule has 1 aromatic rings. The Morgan fingerprint density at radius 1 is 1.24 bits per heavy atom. The molecule has 0 saturated carbocycles. The molecule has 1 fully saturated rings. The number of methoxy groups -OCH3 is 1. The molecule has 0 aliphatic carbocycles. The summed E-state index contributed by atoms with van der Waals surface area (Å²) in [6.07, 6.45) is 1.18. The van der Waals surface area contributed by atoms with Crippen molar-refractivity contribution in [1.82, 2.24) is 10.2 Å². The Bertz CT molecular complexity index is 772. The van der Waals surface area contributed by atoms with E-state index in [2.05, 4.69) is 23.2 Å². The summed E-state index contributed by atoms with van der Waals surface area (Å²) in [5.41, 5.74) is 8.37. The van der Waals surface area contributed by atoms with Gasteiger partial charge in [0.15, 0.2) is 0 Å². The number of hydrogen-bond donors (Lipinski definition) is 3. The van der Waals surface area contributed by atoms with Gasteiger partial charge in [-0.1, -0.05) is 32.9 Å². The van der Waals surface area contributed by atoms with E-state index in [1.54, 1.807) is 7.11 Å². The minimum Gasteiger partial charge on any atom is -0.493 e. The zero-order valence-corrected chi connectivity index (χ0v) is 23.2. The second kappa shape index (κ2) is 17.7. The molecule has 1 amide bonds. The van der Waals surface area contributed by atoms with Crippen LogP contribution < -0.4 is 15.8 Å². The van der Waals surface area contributed by atoms with Crippen LogP contribution in [0.3, 0.4) is 0 Å². The van der Waals surface area contributed by atoms with E-state index in [0.29, 0.717) is 32.8 Å². The molecule has 1 aliphatic heterocycles. The van der Waals surface area contributed by atoms with Gasteiger partial charge < -0.3 is 35.1 Å². The topological polar surface area (TPSA) is 116 Å². The third-order valence-electron chi connectivity index (χ3n) is 6.80. The smallest absolute Gasteiger partial charge is 0.223 e. The summed E-state index contributed by atoms with van der Waals surface area (Å²) < 4.78 is 22.2. The third-order valence-corrected chi connectivity index (χ3v) is 6.80. The number of nitrogens with zero attached hydrogens (tertiary/aromatic N) is 1. The summed E-state index contributed by atoms with van der Waals surface area (Å²) in [4.78, 5) is 15.1. The predicted octanol–water partition coefficient (Wildman–Crippen LogP) is 1.98. The zero-order valence-electron chi connectivity index (χ0n) is 23.2. The molecule has 9 nitrogen and oxygen atoms in total. The molecule has 37 heavy (non-hydrogen) atoms. The highest BCUT2D eigenvalue weighted by Gasteiger charge is 2.28. The lowest BCUT2D eigenvalue weighted by molar-refractivity contribution is -0.127. The highest BCUT2D eigenvalue weighted by atomic mass is 16.5. The molecule has 1 saturated heterocycles. The number of ether oxygens (including phenoxy) is 4. The molecule has 0 spiro atoms. The Morgan fingerprint density at radius 3 is 2.68 bits per heavy atom. The van der Waals surface area contributed by atoms with Crippen molar-refractivity contribution in [2.75, 3.05) is 66.3 Å². The van der Waals surface area contributed by atoms with E-state index < -0.39 is 12.1 Å². The molecule has 9 heteroatoms. The Kier molecular flexibility index (Phi) is 15.1. The quantitative estimate of drug-likeness (QED) is 0.250. The molecule has 0 bridgehead atoms. The van der Waals surface area contributed by atoms with Gasteiger partial charge in [-0.25, -0.2) is 0 Å². The third kappa shape index (κ3) is 11.7. The molecule has 1 aromatic carbocycles. The van der Waals surface area contributed by atoms with Crippen molar-refractivity contribution in [3.05, 3.63) is 29.3 Å². The fourth-order valence-electron chi connectivity index (χ4n) is 4.33. The van der Waals surface area contributed by atoms with Crippen LogP contribution in [-0.2, 0) is 32.0 Å². The number of aliphatic hydroxyl groups excluding tert-OH is 1. The van der Waals surface area contributed by atoms with Gasteiger partial charge in [0.05, 0.1) is 45.2 Å². The summed E-state index contributed by atoms with van der Waals surface area (Å²) in [6, 6.07) is 5.51. The van der Waals surface area contributed by atoms with E-state index in [4.69, 9.17) is 24.7 Å². The number of carbonyl (C=O) groups is 1. The number of aryl methyl sites for hydroxylation is 1. The summed E-state index contributed by atoms with van der Waals surface area (Å²) in [6.45, 7) is 12.6. The van der Waals surface area contributed by atoms with Crippen molar-refractivity contribution >= 4 is 5.91 Å². The maximum Gasteiger partial charge on any atom is 0.223 e. The Morgan fingerprint density at radius 2 is 2.00 bits per heavy atom. The normalized spacial score (nSPS) is 16.9. The van der Waals surface area contributed by atoms with Crippen molar-refractivity contribution in [3.63, 3.8) is 0 Å². The first-order valence-electron chi connectivity index (χ1n) is 13.7. The summed E-state index contributed by atoms with van der Waals surface area (Å²) in [5.74, 6) is 0.601. The van der Waals surface area contributed by atoms with E-state index in [-0.39, 0.29) is 24.3 Å². The molecule has 0 aromatic heterocycles. The van der Waals surface area contributed by atoms with Crippen molar-refractivity contribution in [1.29, 1.82) is 0 Å². The molecule has 4 N–H and O–H groups in total. The summed E-state index contributed by atoms with van der Waals surface area (Å²) in [7, 11) is 1.68. The van der Waals surface area contributed by atoms with Crippen molar-refractivity contribution in [2.24, 2.45) is 17.6 Å². The number of nitrogens with one attached hydrogen (secondary N) is 1. The second-order valence-electron chi connectivity index (χ2n) is 10.1. The summed E-state index contributed by atoms with van der Waals surface area (Å²) >= 11 is 0. The highest BCUT2D eigenvalue weighted by Crippen LogP contribution is 2.23. The van der Waals surface area contributed by atoms with Gasteiger partial charge in [-0.15, -0.1) is 0 Å². The monoisotopic (exact) mass is 523 g/mol. The van der Waals surface area contributed by atoms with Gasteiger partial charge in [0.2, 0.25) is 5.91 Å². The van der Waals surface area contributed by atoms with Crippen LogP contribution in [-0.4, -0.2) is 94.4 Å². The van der Waals surface area contributed by atoms with Crippen LogP contribution in [0.5, 0.6) is 5.75 Å². The van der Waals surface area contributed by atoms with E-state index in [0.717, 1.165) is 62.6 Å². The van der Waals surface area contributed by atoms with E-state index in [1.807, 2.05) is 26.0 Å². The van der Waals surface area contributed by atoms with E-state index in [1.165, 1.54) is 0 Å². The molecule has 0 unspecified atom stereocenters. The van der Waals surface area contributed by atoms with Crippen LogP contribution in [0.2, 0.25) is 0 Å². The van der Waals surface area contributed by atoms with Crippen LogP contribution >= 0.6 is 0 Å². The van der Waals surface area contributed by atoms with Crippen molar-refractivity contribution in [2.45, 2.75) is 58.8 Å². The van der Waals surface area contributed by atoms with E-state index in [9.17, 15) is 9.90 Å². The van der Waals surface area contributed by atoms with Gasteiger partial charge in [0.25, 0.3) is 0 Å². The first-order chi connectivity index (χ1) is 17.8. The SMILES string of the molecule is CCc1ccc(COC[C@H](N)[C@@H](O)C[C@H](C(=O)NCCN2CCOCC2)C(C)C)cc1OCCCOC. The average Bonchev–Trinajstić information content (AvgIpc) is 2.90. The van der Waals surface area contributed by atoms with Crippen LogP contribution in [0.15, 0.2) is 18.2 Å². The minimum absolute atomic E-state index is 0.0375. The van der Waals surface area contributed by atoms with Gasteiger partial charge in [-0.2, -0.15) is 0 Å². The molecule has 2 rings (SSSR count). The Labute approximate surface area is 223 Å². The molecular weight excluding hydrogens is 474 g/mol. The molecule has 1 aliphatic rings. The number of amides is 1. The van der Waals surface area contributed by atoms with Gasteiger partial charge >= 0.3 is 0 Å². The molecule has 0 radical (unpaired) electrons. The highest BCUT2D eigenvalue weighted by molar-refractivity contribution is 5.78. The van der Waals surface area contributed by atoms with Crippen LogP contribution in [0.25, 0.3) is 0 Å². The number of morpholine rings is 1.